The Bertz CT molecular complexity index is 1090. The number of carbonyl (C=O) groups is 3. The average molecular weight is 492 g/mol. The lowest BCUT2D eigenvalue weighted by molar-refractivity contribution is -0.151. The minimum absolute atomic E-state index is 0.00322. The van der Waals surface area contributed by atoms with Crippen LogP contribution in [0.15, 0.2) is 34.7 Å². The molecule has 9 heteroatoms. The Morgan fingerprint density at radius 2 is 1.97 bits per heavy atom. The molecule has 1 aromatic rings. The van der Waals surface area contributed by atoms with Crippen LogP contribution >= 0.6 is 11.6 Å². The molecule has 0 bridgehead atoms. The Morgan fingerprint density at radius 3 is 2.56 bits per heavy atom. The number of nitrogens with one attached hydrogen (secondary N) is 1. The van der Waals surface area contributed by atoms with E-state index in [-0.39, 0.29) is 39.7 Å². The number of ether oxygens (including phenoxy) is 3. The molecule has 0 saturated carbocycles. The molecule has 2 N–H and O–H groups in total. The van der Waals surface area contributed by atoms with E-state index in [1.54, 1.807) is 13.8 Å². The molecule has 0 unspecified atom stereocenters. The number of ketones is 1. The van der Waals surface area contributed by atoms with Crippen molar-refractivity contribution in [3.63, 3.8) is 0 Å². The molecule has 1 aliphatic carbocycles. The van der Waals surface area contributed by atoms with Gasteiger partial charge in [-0.1, -0.05) is 25.4 Å². The summed E-state index contributed by atoms with van der Waals surface area (Å²) >= 11 is 6.27. The summed E-state index contributed by atoms with van der Waals surface area (Å²) in [7, 11) is 2.62. The summed E-state index contributed by atoms with van der Waals surface area (Å²) in [5, 5.41) is 13.5. The van der Waals surface area contributed by atoms with Gasteiger partial charge in [0, 0.05) is 22.9 Å². The highest BCUT2D eigenvalue weighted by Gasteiger charge is 2.47. The third kappa shape index (κ3) is 4.51. The van der Waals surface area contributed by atoms with Gasteiger partial charge in [-0.2, -0.15) is 0 Å². The summed E-state index contributed by atoms with van der Waals surface area (Å²) in [6.45, 7) is 7.23. The van der Waals surface area contributed by atoms with Gasteiger partial charge < -0.3 is 24.6 Å². The second-order valence-electron chi connectivity index (χ2n) is 8.71. The van der Waals surface area contributed by atoms with Gasteiger partial charge >= 0.3 is 11.9 Å². The van der Waals surface area contributed by atoms with Crippen LogP contribution in [0.5, 0.6) is 11.5 Å². The Kier molecular flexibility index (Phi) is 7.60. The lowest BCUT2D eigenvalue weighted by atomic mass is 9.69. The van der Waals surface area contributed by atoms with Gasteiger partial charge in [-0.25, -0.2) is 4.79 Å². The molecule has 3 rings (SSSR count). The van der Waals surface area contributed by atoms with Gasteiger partial charge in [0.2, 0.25) is 0 Å². The number of hydrogen-bond donors (Lipinski definition) is 2. The molecule has 8 nitrogen and oxygen atoms in total. The van der Waals surface area contributed by atoms with Crippen molar-refractivity contribution < 1.29 is 33.7 Å². The molecule has 1 heterocycles. The molecule has 1 aliphatic heterocycles. The molecule has 0 radical (unpaired) electrons. The molecular formula is C25H30ClNO7. The van der Waals surface area contributed by atoms with E-state index >= 15 is 0 Å². The molecule has 34 heavy (non-hydrogen) atoms. The van der Waals surface area contributed by atoms with Gasteiger partial charge in [-0.3, -0.25) is 9.59 Å². The Morgan fingerprint density at radius 1 is 1.29 bits per heavy atom. The number of halogens is 1. The van der Waals surface area contributed by atoms with Gasteiger partial charge in [0.15, 0.2) is 17.3 Å². The first-order valence-corrected chi connectivity index (χ1v) is 11.5. The number of methoxy groups -OCH3 is 2. The van der Waals surface area contributed by atoms with Crippen molar-refractivity contribution in [3.8, 4) is 11.5 Å². The molecule has 0 amide bonds. The van der Waals surface area contributed by atoms with Crippen molar-refractivity contribution >= 4 is 29.3 Å². The Labute approximate surface area is 203 Å². The van der Waals surface area contributed by atoms with Crippen LogP contribution in [0.4, 0.5) is 0 Å². The van der Waals surface area contributed by atoms with E-state index in [1.807, 2.05) is 13.8 Å². The number of rotatable bonds is 6. The number of phenols is 1. The maximum Gasteiger partial charge on any atom is 0.337 e. The van der Waals surface area contributed by atoms with E-state index in [9.17, 15) is 19.5 Å². The Balaban J connectivity index is 2.25. The van der Waals surface area contributed by atoms with Crippen molar-refractivity contribution in [1.29, 1.82) is 0 Å². The zero-order chi connectivity index (χ0) is 25.3. The highest BCUT2D eigenvalue weighted by molar-refractivity contribution is 6.32. The summed E-state index contributed by atoms with van der Waals surface area (Å²) in [4.78, 5) is 39.6. The fourth-order valence-corrected chi connectivity index (χ4v) is 4.75. The first-order valence-electron chi connectivity index (χ1n) is 11.2. The van der Waals surface area contributed by atoms with Crippen LogP contribution in [0.25, 0.3) is 0 Å². The molecular weight excluding hydrogens is 462 g/mol. The quantitative estimate of drug-likeness (QED) is 0.453. The van der Waals surface area contributed by atoms with Crippen molar-refractivity contribution in [2.45, 2.75) is 52.6 Å². The summed E-state index contributed by atoms with van der Waals surface area (Å²) in [6.07, 6.45) is 0.682. The minimum atomic E-state index is -1.01. The van der Waals surface area contributed by atoms with E-state index in [1.165, 1.54) is 26.4 Å². The van der Waals surface area contributed by atoms with E-state index in [4.69, 9.17) is 25.8 Å². The van der Waals surface area contributed by atoms with Gasteiger partial charge in [-0.15, -0.1) is 0 Å². The third-order valence-electron chi connectivity index (χ3n) is 6.45. The largest absolute Gasteiger partial charge is 0.503 e. The topological polar surface area (TPSA) is 111 Å². The van der Waals surface area contributed by atoms with Crippen LogP contribution in [0.1, 0.15) is 52.0 Å². The molecule has 184 valence electrons. The second-order valence-corrected chi connectivity index (χ2v) is 9.12. The summed E-state index contributed by atoms with van der Waals surface area (Å²) in [5.41, 5.74) is 2.13. The van der Waals surface area contributed by atoms with Crippen LogP contribution in [0.3, 0.4) is 0 Å². The van der Waals surface area contributed by atoms with E-state index in [2.05, 4.69) is 5.32 Å². The van der Waals surface area contributed by atoms with Gasteiger partial charge in [-0.05, 0) is 50.3 Å². The Hall–Kier alpha value is -3.00. The number of aromatic hydroxyl groups is 1. The first-order chi connectivity index (χ1) is 16.0. The number of allylic oxidation sites excluding steroid dienone is 3. The fraction of sp³-hybridized carbons (Fsp3) is 0.480. The SMILES string of the molecule is CC[C@H](C)OC(=O)C1=C(C)NC2=C(C(=O)[C@H](C(=O)OC)[C@@H](C)C2)[C@H]1c1cc(Cl)c(O)c(OC)c1. The van der Waals surface area contributed by atoms with Crippen LogP contribution in [0, 0.1) is 11.8 Å². The number of esters is 2. The summed E-state index contributed by atoms with van der Waals surface area (Å²) < 4.78 is 15.8. The third-order valence-corrected chi connectivity index (χ3v) is 6.74. The lowest BCUT2D eigenvalue weighted by Gasteiger charge is -2.38. The minimum Gasteiger partial charge on any atom is -0.503 e. The van der Waals surface area contributed by atoms with E-state index < -0.39 is 29.6 Å². The number of benzene rings is 1. The number of phenolic OH excluding ortho intramolecular Hbond substituents is 1. The smallest absolute Gasteiger partial charge is 0.337 e. The number of Topliss-reactive ketones (excluding diaryl/α,β-unsaturated/α-hetero) is 1. The van der Waals surface area contributed by atoms with Crippen LogP contribution in [0.2, 0.25) is 5.02 Å². The second kappa shape index (κ2) is 10.1. The lowest BCUT2D eigenvalue weighted by Crippen LogP contribution is -2.43. The van der Waals surface area contributed by atoms with Crippen molar-refractivity contribution in [3.05, 3.63) is 45.3 Å². The molecule has 0 aromatic heterocycles. The van der Waals surface area contributed by atoms with Crippen LogP contribution in [-0.4, -0.2) is 43.2 Å². The molecule has 4 atom stereocenters. The van der Waals surface area contributed by atoms with Gasteiger partial charge in [0.25, 0.3) is 0 Å². The number of hydrogen-bond acceptors (Lipinski definition) is 8. The molecule has 2 aliphatic rings. The van der Waals surface area contributed by atoms with Crippen LogP contribution in [-0.2, 0) is 23.9 Å². The number of dihydropyridines is 1. The predicted molar refractivity (Wildman–Crippen MR) is 125 cm³/mol. The standard InChI is InChI=1S/C25H30ClNO7/c1-7-12(3)34-25(31)19-13(4)27-16-8-11(2)18(24(30)33-6)23(29)21(16)20(19)14-9-15(26)22(28)17(10-14)32-5/h9-12,18,20,27-28H,7-8H2,1-6H3/t11-,12-,18+,20-/m0/s1. The average Bonchev–Trinajstić information content (AvgIpc) is 2.79. The summed E-state index contributed by atoms with van der Waals surface area (Å²) in [5.74, 6) is -3.99. The van der Waals surface area contributed by atoms with E-state index in [0.717, 1.165) is 0 Å². The highest BCUT2D eigenvalue weighted by atomic mass is 35.5. The molecule has 0 spiro atoms. The molecule has 0 saturated heterocycles. The maximum atomic E-state index is 13.7. The zero-order valence-corrected chi connectivity index (χ0v) is 20.9. The monoisotopic (exact) mass is 491 g/mol. The first kappa shape index (κ1) is 25.6. The van der Waals surface area contributed by atoms with Gasteiger partial charge in [0.05, 0.1) is 30.9 Å². The molecule has 1 aromatic carbocycles. The zero-order valence-electron chi connectivity index (χ0n) is 20.2. The van der Waals surface area contributed by atoms with Gasteiger partial charge in [0.1, 0.15) is 5.92 Å². The number of carbonyl (C=O) groups excluding carboxylic acids is 3. The predicted octanol–water partition coefficient (Wildman–Crippen LogP) is 4.01. The van der Waals surface area contributed by atoms with Crippen molar-refractivity contribution in [2.24, 2.45) is 11.8 Å². The highest BCUT2D eigenvalue weighted by Crippen LogP contribution is 2.48. The fourth-order valence-electron chi connectivity index (χ4n) is 4.53. The normalized spacial score (nSPS) is 23.1. The van der Waals surface area contributed by atoms with E-state index in [0.29, 0.717) is 29.8 Å². The van der Waals surface area contributed by atoms with Crippen LogP contribution < -0.4 is 10.1 Å². The molecule has 0 fully saturated rings. The summed E-state index contributed by atoms with van der Waals surface area (Å²) in [6, 6.07) is 3.02. The van der Waals surface area contributed by atoms with Crippen molar-refractivity contribution in [1.82, 2.24) is 5.32 Å². The maximum absolute atomic E-state index is 13.7. The van der Waals surface area contributed by atoms with Crippen molar-refractivity contribution in [2.75, 3.05) is 14.2 Å².